The van der Waals surface area contributed by atoms with E-state index in [1.807, 2.05) is 0 Å². The zero-order chi connectivity index (χ0) is 5.28. The van der Waals surface area contributed by atoms with Crippen molar-refractivity contribution < 1.29 is 0 Å². The molecule has 0 heterocycles. The average molecular weight is 99.2 g/mol. The predicted octanol–water partition coefficient (Wildman–Crippen LogP) is 0.991. The minimum atomic E-state index is 0.894. The molecule has 0 radical (unpaired) electrons. The van der Waals surface area contributed by atoms with Crippen molar-refractivity contribution >= 4 is 0 Å². The van der Waals surface area contributed by atoms with Gasteiger partial charge in [0.15, 0.2) is 0 Å². The molecule has 1 aliphatic rings. The molecule has 1 rings (SSSR count). The van der Waals surface area contributed by atoms with Gasteiger partial charge in [0.2, 0.25) is 0 Å². The van der Waals surface area contributed by atoms with Crippen LogP contribution in [0.2, 0.25) is 0 Å². The molecule has 0 bridgehead atoms. The first-order valence-electron chi connectivity index (χ1n) is 3.08. The van der Waals surface area contributed by atoms with Crippen molar-refractivity contribution in [3.05, 3.63) is 0 Å². The van der Waals surface area contributed by atoms with Crippen molar-refractivity contribution in [3.8, 4) is 0 Å². The monoisotopic (exact) mass is 99.1 g/mol. The molecule has 2 atom stereocenters. The zero-order valence-electron chi connectivity index (χ0n) is 4.85. The molecule has 0 saturated heterocycles. The van der Waals surface area contributed by atoms with Crippen LogP contribution >= 0.6 is 0 Å². The first-order chi connectivity index (χ1) is 3.38. The first kappa shape index (κ1) is 5.10. The molecule has 1 nitrogen and oxygen atoms in total. The molecule has 0 aromatic carbocycles. The maximum Gasteiger partial charge on any atom is -0.00461 e. The maximum absolute atomic E-state index is 5.40. The fourth-order valence-electron chi connectivity index (χ4n) is 1.10. The summed E-state index contributed by atoms with van der Waals surface area (Å²) in [7, 11) is 0. The Morgan fingerprint density at radius 1 is 1.57 bits per heavy atom. The van der Waals surface area contributed by atoms with Gasteiger partial charge in [0.25, 0.3) is 0 Å². The topological polar surface area (TPSA) is 26.0 Å². The molecule has 1 aliphatic carbocycles. The van der Waals surface area contributed by atoms with Gasteiger partial charge in [-0.15, -0.1) is 0 Å². The molecule has 2 N–H and O–H groups in total. The van der Waals surface area contributed by atoms with Gasteiger partial charge in [-0.05, 0) is 24.8 Å². The van der Waals surface area contributed by atoms with E-state index in [0.29, 0.717) is 0 Å². The van der Waals surface area contributed by atoms with Crippen molar-refractivity contribution in [1.82, 2.24) is 0 Å². The minimum absolute atomic E-state index is 0.894. The second-order valence-electron chi connectivity index (χ2n) is 2.40. The Bertz CT molecular complexity index is 53.2. The second-order valence-corrected chi connectivity index (χ2v) is 2.40. The van der Waals surface area contributed by atoms with Crippen LogP contribution in [0.25, 0.3) is 0 Å². The van der Waals surface area contributed by atoms with Crippen LogP contribution in [0.3, 0.4) is 0 Å². The molecule has 7 heavy (non-hydrogen) atoms. The van der Waals surface area contributed by atoms with Crippen molar-refractivity contribution in [1.29, 1.82) is 0 Å². The molecule has 0 aliphatic heterocycles. The summed E-state index contributed by atoms with van der Waals surface area (Å²) in [6, 6.07) is 0. The first-order valence-corrected chi connectivity index (χ1v) is 3.08. The van der Waals surface area contributed by atoms with Crippen LogP contribution < -0.4 is 5.73 Å². The average Bonchev–Trinajstić information content (AvgIpc) is 2.43. The van der Waals surface area contributed by atoms with E-state index in [0.717, 1.165) is 18.4 Å². The molecule has 1 saturated carbocycles. The summed E-state index contributed by atoms with van der Waals surface area (Å²) in [5.41, 5.74) is 5.40. The number of hydrogen-bond acceptors (Lipinski definition) is 1. The molecule has 1 unspecified atom stereocenters. The summed E-state index contributed by atoms with van der Waals surface area (Å²) in [5, 5.41) is 0. The number of rotatable bonds is 2. The Balaban J connectivity index is 2.06. The normalized spacial score (nSPS) is 38.6. The molecule has 0 aromatic heterocycles. The lowest BCUT2D eigenvalue weighted by Gasteiger charge is -1.85. The van der Waals surface area contributed by atoms with Gasteiger partial charge in [0.1, 0.15) is 0 Å². The Hall–Kier alpha value is -0.0400. The number of nitrogens with two attached hydrogens (primary N) is 1. The highest BCUT2D eigenvalue weighted by Crippen LogP contribution is 2.39. The van der Waals surface area contributed by atoms with E-state index in [1.54, 1.807) is 0 Å². The van der Waals surface area contributed by atoms with Crippen LogP contribution in [0.4, 0.5) is 0 Å². The third kappa shape index (κ3) is 0.942. The lowest BCUT2D eigenvalue weighted by atomic mass is 10.3. The van der Waals surface area contributed by atoms with Crippen LogP contribution in [-0.2, 0) is 0 Å². The summed E-state index contributed by atoms with van der Waals surface area (Å²) in [6.45, 7) is 3.15. The van der Waals surface area contributed by atoms with E-state index in [9.17, 15) is 0 Å². The molecule has 0 amide bonds. The van der Waals surface area contributed by atoms with Crippen molar-refractivity contribution in [2.45, 2.75) is 19.8 Å². The quantitative estimate of drug-likeness (QED) is 0.549. The molecule has 42 valence electrons. The third-order valence-corrected chi connectivity index (χ3v) is 1.90. The standard InChI is InChI=1S/C6H13N/c1-2-5-3-6(5)4-7/h5-6H,2-4,7H2,1H3/t5?,6-/m1/s1. The van der Waals surface area contributed by atoms with Gasteiger partial charge in [-0.3, -0.25) is 0 Å². The molecular weight excluding hydrogens is 86.1 g/mol. The molecule has 0 aromatic rings. The lowest BCUT2D eigenvalue weighted by molar-refractivity contribution is 0.687. The van der Waals surface area contributed by atoms with Crippen LogP contribution in [0.1, 0.15) is 19.8 Å². The van der Waals surface area contributed by atoms with Crippen molar-refractivity contribution in [2.24, 2.45) is 17.6 Å². The molecule has 1 heteroatoms. The summed E-state index contributed by atoms with van der Waals surface area (Å²) >= 11 is 0. The highest BCUT2D eigenvalue weighted by molar-refractivity contribution is 4.85. The van der Waals surface area contributed by atoms with Gasteiger partial charge in [-0.25, -0.2) is 0 Å². The van der Waals surface area contributed by atoms with Crippen LogP contribution in [0.15, 0.2) is 0 Å². The second kappa shape index (κ2) is 1.83. The molecule has 0 spiro atoms. The predicted molar refractivity (Wildman–Crippen MR) is 30.9 cm³/mol. The highest BCUT2D eigenvalue weighted by Gasteiger charge is 2.33. The van der Waals surface area contributed by atoms with Gasteiger partial charge in [-0.1, -0.05) is 13.3 Å². The highest BCUT2D eigenvalue weighted by atomic mass is 14.6. The van der Waals surface area contributed by atoms with E-state index >= 15 is 0 Å². The smallest absolute Gasteiger partial charge is 0.00461 e. The van der Waals surface area contributed by atoms with Gasteiger partial charge >= 0.3 is 0 Å². The largest absolute Gasteiger partial charge is 0.330 e. The maximum atomic E-state index is 5.40. The van der Waals surface area contributed by atoms with Crippen molar-refractivity contribution in [3.63, 3.8) is 0 Å². The van der Waals surface area contributed by atoms with Gasteiger partial charge in [0, 0.05) is 0 Å². The molecular formula is C6H13N. The van der Waals surface area contributed by atoms with Crippen molar-refractivity contribution in [2.75, 3.05) is 6.54 Å². The summed E-state index contributed by atoms with van der Waals surface area (Å²) in [5.74, 6) is 1.88. The Morgan fingerprint density at radius 3 is 2.43 bits per heavy atom. The fourth-order valence-corrected chi connectivity index (χ4v) is 1.10. The lowest BCUT2D eigenvalue weighted by Crippen LogP contribution is -2.01. The van der Waals surface area contributed by atoms with E-state index in [-0.39, 0.29) is 0 Å². The van der Waals surface area contributed by atoms with Crippen LogP contribution in [0, 0.1) is 11.8 Å². The van der Waals surface area contributed by atoms with Gasteiger partial charge in [0.05, 0.1) is 0 Å². The van der Waals surface area contributed by atoms with E-state index in [1.165, 1.54) is 12.8 Å². The Labute approximate surface area is 44.9 Å². The van der Waals surface area contributed by atoms with E-state index in [2.05, 4.69) is 6.92 Å². The Morgan fingerprint density at radius 2 is 2.29 bits per heavy atom. The minimum Gasteiger partial charge on any atom is -0.330 e. The van der Waals surface area contributed by atoms with E-state index in [4.69, 9.17) is 5.73 Å². The van der Waals surface area contributed by atoms with E-state index < -0.39 is 0 Å². The SMILES string of the molecule is CCC1C[C@@H]1CN. The molecule has 1 fully saturated rings. The summed E-state index contributed by atoms with van der Waals surface area (Å²) < 4.78 is 0. The summed E-state index contributed by atoms with van der Waals surface area (Å²) in [4.78, 5) is 0. The zero-order valence-corrected chi connectivity index (χ0v) is 4.85. The fraction of sp³-hybridized carbons (Fsp3) is 1.00. The third-order valence-electron chi connectivity index (χ3n) is 1.90. The van der Waals surface area contributed by atoms with Crippen LogP contribution in [0.5, 0.6) is 0 Å². The number of hydrogen-bond donors (Lipinski definition) is 1. The van der Waals surface area contributed by atoms with Gasteiger partial charge in [-0.2, -0.15) is 0 Å². The Kier molecular flexibility index (Phi) is 1.33. The van der Waals surface area contributed by atoms with Crippen LogP contribution in [-0.4, -0.2) is 6.54 Å². The van der Waals surface area contributed by atoms with Gasteiger partial charge < -0.3 is 5.73 Å². The summed E-state index contributed by atoms with van der Waals surface area (Å²) in [6.07, 6.45) is 2.73.